The summed E-state index contributed by atoms with van der Waals surface area (Å²) in [5, 5.41) is 0. The maximum Gasteiger partial charge on any atom is 0.151 e. The predicted octanol–water partition coefficient (Wildman–Crippen LogP) is 3.18. The minimum atomic E-state index is -0.299. The molecule has 110 valence electrons. The van der Waals surface area contributed by atoms with E-state index >= 15 is 0 Å². The summed E-state index contributed by atoms with van der Waals surface area (Å²) in [6, 6.07) is 5.00. The Labute approximate surface area is 118 Å². The highest BCUT2D eigenvalue weighted by atomic mass is 19.1. The summed E-state index contributed by atoms with van der Waals surface area (Å²) in [5.74, 6) is 0.448. The van der Waals surface area contributed by atoms with E-state index in [4.69, 9.17) is 10.5 Å². The number of para-hydroxylation sites is 1. The van der Waals surface area contributed by atoms with Gasteiger partial charge in [0, 0.05) is 19.8 Å². The summed E-state index contributed by atoms with van der Waals surface area (Å²) in [6.07, 6.45) is 1.63. The molecule has 1 heterocycles. The number of benzene rings is 1. The van der Waals surface area contributed by atoms with Crippen molar-refractivity contribution in [3.8, 4) is 0 Å². The molecule has 1 aromatic carbocycles. The van der Waals surface area contributed by atoms with Gasteiger partial charge < -0.3 is 15.0 Å². The van der Waals surface area contributed by atoms with Gasteiger partial charge in [0.2, 0.25) is 0 Å². The lowest BCUT2D eigenvalue weighted by molar-refractivity contribution is 0.190. The van der Waals surface area contributed by atoms with Crippen molar-refractivity contribution in [3.05, 3.63) is 29.8 Å². The smallest absolute Gasteiger partial charge is 0.151 e. The fourth-order valence-electron chi connectivity index (χ4n) is 2.48. The number of hydrogen-bond donors (Lipinski definition) is 1. The third-order valence-electron chi connectivity index (χ3n) is 3.41. The van der Waals surface area contributed by atoms with E-state index in [1.165, 1.54) is 6.07 Å². The third-order valence-corrected chi connectivity index (χ3v) is 3.41. The lowest BCUT2D eigenvalue weighted by Crippen LogP contribution is -2.18. The Morgan fingerprint density at radius 1 is 1.40 bits per heavy atom. The van der Waals surface area contributed by atoms with Gasteiger partial charge >= 0.3 is 0 Å². The first-order valence-corrected chi connectivity index (χ1v) is 6.97. The molecule has 20 heavy (non-hydrogen) atoms. The standard InChI is InChI=1S/C15H22FN3O/c1-10(2)19-13-8-4-6-11(16)14(13)18-15(19)12(17)7-5-9-20-3/h4,6,8,10,12H,5,7,9,17H2,1-3H3. The number of methoxy groups -OCH3 is 1. The van der Waals surface area contributed by atoms with Crippen LogP contribution in [0.25, 0.3) is 11.0 Å². The van der Waals surface area contributed by atoms with E-state index < -0.39 is 0 Å². The lowest BCUT2D eigenvalue weighted by Gasteiger charge is -2.17. The fourth-order valence-corrected chi connectivity index (χ4v) is 2.48. The molecule has 0 spiro atoms. The van der Waals surface area contributed by atoms with Crippen molar-refractivity contribution in [1.82, 2.24) is 9.55 Å². The topological polar surface area (TPSA) is 53.1 Å². The first kappa shape index (κ1) is 14.9. The second-order valence-electron chi connectivity index (χ2n) is 5.28. The molecule has 0 aliphatic rings. The van der Waals surface area contributed by atoms with Gasteiger partial charge in [-0.25, -0.2) is 9.37 Å². The molecule has 0 aliphatic heterocycles. The van der Waals surface area contributed by atoms with Crippen LogP contribution in [0.2, 0.25) is 0 Å². The zero-order chi connectivity index (χ0) is 14.7. The number of rotatable bonds is 6. The average molecular weight is 279 g/mol. The summed E-state index contributed by atoms with van der Waals surface area (Å²) in [6.45, 7) is 4.78. The Balaban J connectivity index is 2.41. The number of fused-ring (bicyclic) bond motifs is 1. The van der Waals surface area contributed by atoms with Gasteiger partial charge in [0.25, 0.3) is 0 Å². The van der Waals surface area contributed by atoms with Crippen LogP contribution in [0.4, 0.5) is 4.39 Å². The van der Waals surface area contributed by atoms with Crippen LogP contribution in [0.5, 0.6) is 0 Å². The molecule has 4 nitrogen and oxygen atoms in total. The highest BCUT2D eigenvalue weighted by molar-refractivity contribution is 5.77. The number of ether oxygens (including phenoxy) is 1. The molecule has 5 heteroatoms. The summed E-state index contributed by atoms with van der Waals surface area (Å²) >= 11 is 0. The molecule has 0 fully saturated rings. The van der Waals surface area contributed by atoms with Crippen LogP contribution >= 0.6 is 0 Å². The third kappa shape index (κ3) is 2.83. The van der Waals surface area contributed by atoms with Gasteiger partial charge in [-0.15, -0.1) is 0 Å². The Hall–Kier alpha value is -1.46. The van der Waals surface area contributed by atoms with Crippen molar-refractivity contribution in [2.75, 3.05) is 13.7 Å². The molecule has 2 aromatic rings. The summed E-state index contributed by atoms with van der Waals surface area (Å²) in [4.78, 5) is 4.43. The number of hydrogen-bond acceptors (Lipinski definition) is 3. The maximum atomic E-state index is 13.9. The molecule has 0 radical (unpaired) electrons. The van der Waals surface area contributed by atoms with Crippen LogP contribution in [0, 0.1) is 5.82 Å². The van der Waals surface area contributed by atoms with E-state index in [1.807, 2.05) is 10.6 Å². The molecule has 2 N–H and O–H groups in total. The van der Waals surface area contributed by atoms with Crippen molar-refractivity contribution in [2.45, 2.75) is 38.8 Å². The van der Waals surface area contributed by atoms with Gasteiger partial charge in [-0.1, -0.05) is 6.07 Å². The summed E-state index contributed by atoms with van der Waals surface area (Å²) < 4.78 is 20.9. The number of nitrogens with zero attached hydrogens (tertiary/aromatic N) is 2. The fraction of sp³-hybridized carbons (Fsp3) is 0.533. The van der Waals surface area contributed by atoms with Gasteiger partial charge in [-0.3, -0.25) is 0 Å². The minimum absolute atomic E-state index is 0.185. The molecule has 1 aromatic heterocycles. The first-order valence-electron chi connectivity index (χ1n) is 6.97. The zero-order valence-corrected chi connectivity index (χ0v) is 12.3. The van der Waals surface area contributed by atoms with E-state index in [1.54, 1.807) is 13.2 Å². The lowest BCUT2D eigenvalue weighted by atomic mass is 10.1. The Morgan fingerprint density at radius 2 is 2.15 bits per heavy atom. The SMILES string of the molecule is COCCCC(N)c1nc2c(F)cccc2n1C(C)C. The molecule has 1 atom stereocenters. The van der Waals surface area contributed by atoms with E-state index in [9.17, 15) is 4.39 Å². The molecule has 0 aliphatic carbocycles. The molecular formula is C15H22FN3O. The van der Waals surface area contributed by atoms with E-state index in [0.29, 0.717) is 12.1 Å². The maximum absolute atomic E-state index is 13.9. The number of imidazole rings is 1. The van der Waals surface area contributed by atoms with Crippen LogP contribution in [-0.4, -0.2) is 23.3 Å². The van der Waals surface area contributed by atoms with Crippen molar-refractivity contribution < 1.29 is 9.13 Å². The number of halogens is 1. The highest BCUT2D eigenvalue weighted by Crippen LogP contribution is 2.27. The van der Waals surface area contributed by atoms with Gasteiger partial charge in [0.1, 0.15) is 11.3 Å². The van der Waals surface area contributed by atoms with Crippen molar-refractivity contribution in [3.63, 3.8) is 0 Å². The molecule has 0 bridgehead atoms. The number of nitrogens with two attached hydrogens (primary N) is 1. The van der Waals surface area contributed by atoms with Gasteiger partial charge in [0.15, 0.2) is 5.82 Å². The quantitative estimate of drug-likeness (QED) is 0.826. The van der Waals surface area contributed by atoms with E-state index in [2.05, 4.69) is 18.8 Å². The number of aromatic nitrogens is 2. The minimum Gasteiger partial charge on any atom is -0.385 e. The van der Waals surface area contributed by atoms with Crippen LogP contribution in [0.1, 0.15) is 44.6 Å². The van der Waals surface area contributed by atoms with E-state index in [-0.39, 0.29) is 17.9 Å². The second-order valence-corrected chi connectivity index (χ2v) is 5.28. The van der Waals surface area contributed by atoms with Crippen LogP contribution in [-0.2, 0) is 4.74 Å². The summed E-state index contributed by atoms with van der Waals surface area (Å²) in [5.41, 5.74) is 7.43. The first-order chi connectivity index (χ1) is 9.56. The van der Waals surface area contributed by atoms with Gasteiger partial charge in [0.05, 0.1) is 11.6 Å². The van der Waals surface area contributed by atoms with Gasteiger partial charge in [-0.05, 0) is 38.8 Å². The molecule has 0 saturated heterocycles. The van der Waals surface area contributed by atoms with Crippen LogP contribution in [0.3, 0.4) is 0 Å². The molecule has 0 saturated carbocycles. The van der Waals surface area contributed by atoms with Gasteiger partial charge in [-0.2, -0.15) is 0 Å². The zero-order valence-electron chi connectivity index (χ0n) is 12.3. The molecule has 1 unspecified atom stereocenters. The van der Waals surface area contributed by atoms with Crippen molar-refractivity contribution in [2.24, 2.45) is 5.73 Å². The Bertz CT molecular complexity index is 580. The Morgan fingerprint density at radius 3 is 2.80 bits per heavy atom. The normalized spacial score (nSPS) is 13.3. The average Bonchev–Trinajstić information content (AvgIpc) is 2.80. The van der Waals surface area contributed by atoms with Crippen molar-refractivity contribution in [1.29, 1.82) is 0 Å². The largest absolute Gasteiger partial charge is 0.385 e. The second kappa shape index (κ2) is 6.33. The highest BCUT2D eigenvalue weighted by Gasteiger charge is 2.20. The Kier molecular flexibility index (Phi) is 4.73. The molecular weight excluding hydrogens is 257 g/mol. The molecule has 0 amide bonds. The summed E-state index contributed by atoms with van der Waals surface area (Å²) in [7, 11) is 1.67. The van der Waals surface area contributed by atoms with Crippen LogP contribution < -0.4 is 5.73 Å². The predicted molar refractivity (Wildman–Crippen MR) is 78.1 cm³/mol. The monoisotopic (exact) mass is 279 g/mol. The van der Waals surface area contributed by atoms with Crippen molar-refractivity contribution >= 4 is 11.0 Å². The van der Waals surface area contributed by atoms with E-state index in [0.717, 1.165) is 24.2 Å². The molecule has 2 rings (SSSR count). The van der Waals surface area contributed by atoms with Crippen LogP contribution in [0.15, 0.2) is 18.2 Å².